The molecule has 0 radical (unpaired) electrons. The van der Waals surface area contributed by atoms with Gasteiger partial charge in [0.1, 0.15) is 11.6 Å². The summed E-state index contributed by atoms with van der Waals surface area (Å²) in [6.07, 6.45) is 0. The minimum atomic E-state index is 0.370. The molecule has 1 aromatic rings. The average Bonchev–Trinajstić information content (AvgIpc) is 2.59. The van der Waals surface area contributed by atoms with Crippen molar-refractivity contribution in [1.29, 1.82) is 0 Å². The third kappa shape index (κ3) is 2.37. The highest BCUT2D eigenvalue weighted by Crippen LogP contribution is 2.25. The first-order valence-corrected chi connectivity index (χ1v) is 5.62. The number of aromatic nitrogens is 3. The zero-order valence-electron chi connectivity index (χ0n) is 10.4. The first-order valence-electron chi connectivity index (χ1n) is 5.62. The highest BCUT2D eigenvalue weighted by Gasteiger charge is 2.20. The van der Waals surface area contributed by atoms with Gasteiger partial charge < -0.3 is 10.3 Å². The molecule has 4 heteroatoms. The van der Waals surface area contributed by atoms with Crippen molar-refractivity contribution in [2.75, 3.05) is 0 Å². The lowest BCUT2D eigenvalue weighted by Crippen LogP contribution is -2.16. The molecule has 1 heterocycles. The summed E-state index contributed by atoms with van der Waals surface area (Å²) in [6.45, 7) is 11.3. The van der Waals surface area contributed by atoms with Crippen LogP contribution in [0, 0.1) is 5.92 Å². The molecule has 0 aliphatic carbocycles. The predicted octanol–water partition coefficient (Wildman–Crippen LogP) is 2.08. The van der Waals surface area contributed by atoms with Crippen LogP contribution in [0.4, 0.5) is 0 Å². The Balaban J connectivity index is 3.12. The summed E-state index contributed by atoms with van der Waals surface area (Å²) >= 11 is 0. The summed E-state index contributed by atoms with van der Waals surface area (Å²) in [4.78, 5) is 0. The first kappa shape index (κ1) is 12.2. The van der Waals surface area contributed by atoms with E-state index < -0.39 is 0 Å². The quantitative estimate of drug-likeness (QED) is 0.827. The van der Waals surface area contributed by atoms with Gasteiger partial charge in [-0.15, -0.1) is 10.2 Å². The molecule has 0 aliphatic rings. The fourth-order valence-electron chi connectivity index (χ4n) is 1.65. The molecule has 2 N–H and O–H groups in total. The molecule has 0 aliphatic heterocycles. The number of nitrogens with zero attached hydrogens (tertiary/aromatic N) is 3. The Morgan fingerprint density at radius 3 is 2.13 bits per heavy atom. The smallest absolute Gasteiger partial charge is 0.147 e. The van der Waals surface area contributed by atoms with E-state index in [1.54, 1.807) is 0 Å². The topological polar surface area (TPSA) is 56.7 Å². The van der Waals surface area contributed by atoms with E-state index in [2.05, 4.69) is 49.4 Å². The number of hydrogen-bond donors (Lipinski definition) is 1. The van der Waals surface area contributed by atoms with Gasteiger partial charge in [0.15, 0.2) is 0 Å². The molecular weight excluding hydrogens is 188 g/mol. The van der Waals surface area contributed by atoms with E-state index in [4.69, 9.17) is 5.73 Å². The number of hydrogen-bond acceptors (Lipinski definition) is 3. The first-order chi connectivity index (χ1) is 6.99. The van der Waals surface area contributed by atoms with Crippen LogP contribution in [-0.2, 0) is 6.54 Å². The lowest BCUT2D eigenvalue weighted by Gasteiger charge is -2.19. The average molecular weight is 210 g/mol. The highest BCUT2D eigenvalue weighted by molar-refractivity contribution is 5.03. The summed E-state index contributed by atoms with van der Waals surface area (Å²) in [7, 11) is 0. The van der Waals surface area contributed by atoms with Crippen LogP contribution >= 0.6 is 0 Å². The maximum absolute atomic E-state index is 5.65. The lowest BCUT2D eigenvalue weighted by atomic mass is 9.97. The Hall–Kier alpha value is -0.900. The van der Waals surface area contributed by atoms with Gasteiger partial charge in [-0.05, 0) is 19.8 Å². The Labute approximate surface area is 91.9 Å². The van der Waals surface area contributed by atoms with Crippen molar-refractivity contribution in [2.45, 2.75) is 53.1 Å². The van der Waals surface area contributed by atoms with Crippen molar-refractivity contribution in [2.24, 2.45) is 11.7 Å². The molecule has 0 aromatic carbocycles. The third-order valence-corrected chi connectivity index (χ3v) is 2.90. The molecule has 1 aromatic heterocycles. The van der Waals surface area contributed by atoms with Crippen LogP contribution in [0.1, 0.15) is 58.2 Å². The Morgan fingerprint density at radius 1 is 1.13 bits per heavy atom. The second-order valence-electron chi connectivity index (χ2n) is 4.67. The summed E-state index contributed by atoms with van der Waals surface area (Å²) in [5, 5.41) is 8.41. The van der Waals surface area contributed by atoms with Gasteiger partial charge in [-0.25, -0.2) is 0 Å². The van der Waals surface area contributed by atoms with Crippen LogP contribution in [0.15, 0.2) is 0 Å². The van der Waals surface area contributed by atoms with Gasteiger partial charge in [-0.3, -0.25) is 0 Å². The van der Waals surface area contributed by atoms with Gasteiger partial charge in [-0.2, -0.15) is 0 Å². The van der Waals surface area contributed by atoms with Crippen molar-refractivity contribution in [3.8, 4) is 0 Å². The molecule has 86 valence electrons. The summed E-state index contributed by atoms with van der Waals surface area (Å²) in [6, 6.07) is 0.370. The molecule has 0 saturated heterocycles. The van der Waals surface area contributed by atoms with E-state index in [-0.39, 0.29) is 0 Å². The fourth-order valence-corrected chi connectivity index (χ4v) is 1.65. The zero-order chi connectivity index (χ0) is 11.6. The number of nitrogens with two attached hydrogens (primary N) is 1. The van der Waals surface area contributed by atoms with E-state index in [1.165, 1.54) is 0 Å². The van der Waals surface area contributed by atoms with Gasteiger partial charge in [0, 0.05) is 12.0 Å². The Morgan fingerprint density at radius 2 is 1.73 bits per heavy atom. The molecule has 0 amide bonds. The predicted molar refractivity (Wildman–Crippen MR) is 61.6 cm³/mol. The van der Waals surface area contributed by atoms with Crippen molar-refractivity contribution in [3.63, 3.8) is 0 Å². The normalized spacial score (nSPS) is 13.9. The lowest BCUT2D eigenvalue weighted by molar-refractivity contribution is 0.456. The van der Waals surface area contributed by atoms with Crippen LogP contribution in [0.3, 0.4) is 0 Å². The zero-order valence-corrected chi connectivity index (χ0v) is 10.4. The monoisotopic (exact) mass is 210 g/mol. The van der Waals surface area contributed by atoms with E-state index in [9.17, 15) is 0 Å². The Kier molecular flexibility index (Phi) is 3.85. The largest absolute Gasteiger partial charge is 0.324 e. The van der Waals surface area contributed by atoms with Gasteiger partial charge in [0.25, 0.3) is 0 Å². The van der Waals surface area contributed by atoms with E-state index in [1.807, 2.05) is 0 Å². The van der Waals surface area contributed by atoms with E-state index in [0.29, 0.717) is 24.4 Å². The van der Waals surface area contributed by atoms with Crippen molar-refractivity contribution in [3.05, 3.63) is 11.6 Å². The van der Waals surface area contributed by atoms with Gasteiger partial charge in [0.2, 0.25) is 0 Å². The molecule has 1 unspecified atom stereocenters. The van der Waals surface area contributed by atoms with Crippen molar-refractivity contribution in [1.82, 2.24) is 14.8 Å². The molecule has 0 bridgehead atoms. The maximum Gasteiger partial charge on any atom is 0.147 e. The molecule has 1 atom stereocenters. The number of rotatable bonds is 4. The van der Waals surface area contributed by atoms with Crippen molar-refractivity contribution >= 4 is 0 Å². The SMILES string of the molecule is CC(C)C(C)c1nnc(CN)n1C(C)C. The second-order valence-corrected chi connectivity index (χ2v) is 4.67. The highest BCUT2D eigenvalue weighted by atomic mass is 15.3. The van der Waals surface area contributed by atoms with Crippen LogP contribution < -0.4 is 5.73 Å². The molecule has 0 saturated carbocycles. The minimum absolute atomic E-state index is 0.370. The maximum atomic E-state index is 5.65. The van der Waals surface area contributed by atoms with Crippen molar-refractivity contribution < 1.29 is 0 Å². The third-order valence-electron chi connectivity index (χ3n) is 2.90. The summed E-state index contributed by atoms with van der Waals surface area (Å²) < 4.78 is 2.16. The molecule has 15 heavy (non-hydrogen) atoms. The van der Waals surface area contributed by atoms with E-state index >= 15 is 0 Å². The van der Waals surface area contributed by atoms with Crippen LogP contribution in [0.25, 0.3) is 0 Å². The summed E-state index contributed by atoms with van der Waals surface area (Å²) in [5.41, 5.74) is 5.65. The molecule has 4 nitrogen and oxygen atoms in total. The van der Waals surface area contributed by atoms with E-state index in [0.717, 1.165) is 11.6 Å². The van der Waals surface area contributed by atoms with Crippen LogP contribution in [-0.4, -0.2) is 14.8 Å². The standard InChI is InChI=1S/C11H22N4/c1-7(2)9(5)11-14-13-10(6-12)15(11)8(3)4/h7-9H,6,12H2,1-5H3. The molecule has 0 spiro atoms. The Bertz CT molecular complexity index is 314. The van der Waals surface area contributed by atoms with Crippen LogP contribution in [0.2, 0.25) is 0 Å². The molecule has 0 fully saturated rings. The second kappa shape index (κ2) is 4.75. The summed E-state index contributed by atoms with van der Waals surface area (Å²) in [5.74, 6) is 2.92. The molecular formula is C11H22N4. The van der Waals surface area contributed by atoms with Gasteiger partial charge >= 0.3 is 0 Å². The fraction of sp³-hybridized carbons (Fsp3) is 0.818. The van der Waals surface area contributed by atoms with Crippen LogP contribution in [0.5, 0.6) is 0 Å². The minimum Gasteiger partial charge on any atom is -0.324 e. The van der Waals surface area contributed by atoms with Gasteiger partial charge in [0.05, 0.1) is 6.54 Å². The van der Waals surface area contributed by atoms with Gasteiger partial charge in [-0.1, -0.05) is 20.8 Å². The molecule has 1 rings (SSSR count).